The summed E-state index contributed by atoms with van der Waals surface area (Å²) in [4.78, 5) is 12.4. The van der Waals surface area contributed by atoms with Crippen molar-refractivity contribution in [3.05, 3.63) is 12.2 Å². The molecule has 4 heteroatoms. The Morgan fingerprint density at radius 3 is 1.06 bits per heavy atom. The summed E-state index contributed by atoms with van der Waals surface area (Å²) in [5.41, 5.74) is 0. The molecule has 0 heterocycles. The van der Waals surface area contributed by atoms with Crippen molar-refractivity contribution < 1.29 is 15.0 Å². The number of unbranched alkanes of at least 4 members (excludes halogenated alkanes) is 34. The molecule has 0 aromatic carbocycles. The molecule has 0 rings (SSSR count). The van der Waals surface area contributed by atoms with E-state index in [1.165, 1.54) is 205 Å². The highest BCUT2D eigenvalue weighted by Gasteiger charge is 2.17. The second kappa shape index (κ2) is 41.5. The first-order valence-corrected chi connectivity index (χ1v) is 22.4. The number of allylic oxidation sites excluding steroid dienone is 1. The van der Waals surface area contributed by atoms with Gasteiger partial charge in [-0.1, -0.05) is 238 Å². The molecule has 1 amide bonds. The van der Waals surface area contributed by atoms with Gasteiger partial charge < -0.3 is 15.5 Å². The van der Waals surface area contributed by atoms with Gasteiger partial charge in [0, 0.05) is 6.42 Å². The minimum atomic E-state index is -0.833. The quantitative estimate of drug-likeness (QED) is 0.0441. The third-order valence-corrected chi connectivity index (χ3v) is 10.5. The van der Waals surface area contributed by atoms with E-state index in [4.69, 9.17) is 0 Å². The van der Waals surface area contributed by atoms with E-state index in [-0.39, 0.29) is 12.5 Å². The molecule has 292 valence electrons. The van der Waals surface area contributed by atoms with Crippen LogP contribution in [-0.4, -0.2) is 34.9 Å². The van der Waals surface area contributed by atoms with E-state index >= 15 is 0 Å². The van der Waals surface area contributed by atoms with Crippen molar-refractivity contribution in [3.8, 4) is 0 Å². The molecule has 0 aromatic rings. The zero-order valence-electron chi connectivity index (χ0n) is 33.5. The van der Waals surface area contributed by atoms with Crippen LogP contribution in [0.4, 0.5) is 0 Å². The Labute approximate surface area is 307 Å². The lowest BCUT2D eigenvalue weighted by Crippen LogP contribution is -2.45. The van der Waals surface area contributed by atoms with E-state index in [1.54, 1.807) is 6.08 Å². The van der Waals surface area contributed by atoms with Crippen LogP contribution in [0, 0.1) is 0 Å². The molecule has 0 aliphatic rings. The van der Waals surface area contributed by atoms with Crippen molar-refractivity contribution in [2.24, 2.45) is 0 Å². The molecule has 0 radical (unpaired) electrons. The van der Waals surface area contributed by atoms with Gasteiger partial charge in [0.2, 0.25) is 5.91 Å². The first-order valence-electron chi connectivity index (χ1n) is 22.4. The summed E-state index contributed by atoms with van der Waals surface area (Å²) in [5.74, 6) is -0.0599. The fourth-order valence-electron chi connectivity index (χ4n) is 7.06. The summed E-state index contributed by atoms with van der Waals surface area (Å²) in [7, 11) is 0. The highest BCUT2D eigenvalue weighted by molar-refractivity contribution is 5.76. The van der Waals surface area contributed by atoms with Crippen molar-refractivity contribution in [2.45, 2.75) is 264 Å². The fourth-order valence-corrected chi connectivity index (χ4v) is 7.06. The standard InChI is InChI=1S/C45H89NO3/c1-3-5-7-9-11-13-15-17-19-20-21-22-23-24-25-27-28-30-32-34-36-38-40-44(48)43(42-47)46-45(49)41-39-37-35-33-31-29-26-18-16-14-12-10-8-6-4-2/h38,40,43-44,47-48H,3-37,39,41-42H2,1-2H3,(H,46,49)/b40-38+. The van der Waals surface area contributed by atoms with Crippen LogP contribution in [0.15, 0.2) is 12.2 Å². The third-order valence-electron chi connectivity index (χ3n) is 10.5. The lowest BCUT2D eigenvalue weighted by molar-refractivity contribution is -0.123. The maximum atomic E-state index is 12.4. The first-order chi connectivity index (χ1) is 24.2. The number of carbonyl (C=O) groups excluding carboxylic acids is 1. The van der Waals surface area contributed by atoms with Gasteiger partial charge in [-0.2, -0.15) is 0 Å². The number of hydrogen-bond donors (Lipinski definition) is 3. The SMILES string of the molecule is CCCCCCCCCCCCCCCCCCCCCC/C=C/C(O)C(CO)NC(=O)CCCCCCCCCCCCCCCCC. The number of hydrogen-bond acceptors (Lipinski definition) is 3. The lowest BCUT2D eigenvalue weighted by atomic mass is 10.0. The van der Waals surface area contributed by atoms with E-state index < -0.39 is 12.1 Å². The Kier molecular flexibility index (Phi) is 40.8. The van der Waals surface area contributed by atoms with Crippen molar-refractivity contribution in [2.75, 3.05) is 6.61 Å². The van der Waals surface area contributed by atoms with Crippen LogP contribution in [0.2, 0.25) is 0 Å². The Hall–Kier alpha value is -0.870. The van der Waals surface area contributed by atoms with Crippen LogP contribution in [0.1, 0.15) is 251 Å². The molecule has 0 fully saturated rings. The highest BCUT2D eigenvalue weighted by Crippen LogP contribution is 2.16. The predicted molar refractivity (Wildman–Crippen MR) is 216 cm³/mol. The Balaban J connectivity index is 3.51. The minimum absolute atomic E-state index is 0.0599. The number of nitrogens with one attached hydrogen (secondary N) is 1. The summed E-state index contributed by atoms with van der Waals surface area (Å²) >= 11 is 0. The Morgan fingerprint density at radius 1 is 0.469 bits per heavy atom. The number of carbonyl (C=O) groups is 1. The van der Waals surface area contributed by atoms with E-state index in [9.17, 15) is 15.0 Å². The number of aliphatic hydroxyl groups is 2. The molecule has 0 aliphatic carbocycles. The van der Waals surface area contributed by atoms with Crippen LogP contribution < -0.4 is 5.32 Å². The van der Waals surface area contributed by atoms with Crippen molar-refractivity contribution in [3.63, 3.8) is 0 Å². The molecule has 2 atom stereocenters. The topological polar surface area (TPSA) is 69.6 Å². The monoisotopic (exact) mass is 692 g/mol. The van der Waals surface area contributed by atoms with Crippen LogP contribution in [-0.2, 0) is 4.79 Å². The molecular weight excluding hydrogens is 602 g/mol. The van der Waals surface area contributed by atoms with Crippen LogP contribution in [0.5, 0.6) is 0 Å². The molecule has 4 nitrogen and oxygen atoms in total. The van der Waals surface area contributed by atoms with Gasteiger partial charge in [0.1, 0.15) is 0 Å². The second-order valence-corrected chi connectivity index (χ2v) is 15.5. The van der Waals surface area contributed by atoms with Crippen LogP contribution >= 0.6 is 0 Å². The van der Waals surface area contributed by atoms with Gasteiger partial charge in [-0.05, 0) is 19.3 Å². The number of amides is 1. The zero-order valence-corrected chi connectivity index (χ0v) is 33.5. The maximum Gasteiger partial charge on any atom is 0.220 e. The third kappa shape index (κ3) is 38.2. The van der Waals surface area contributed by atoms with Crippen LogP contribution in [0.25, 0.3) is 0 Å². The van der Waals surface area contributed by atoms with E-state index in [0.29, 0.717) is 6.42 Å². The van der Waals surface area contributed by atoms with Crippen molar-refractivity contribution >= 4 is 5.91 Å². The molecule has 0 aliphatic heterocycles. The average molecular weight is 692 g/mol. The average Bonchev–Trinajstić information content (AvgIpc) is 3.10. The lowest BCUT2D eigenvalue weighted by Gasteiger charge is -2.20. The van der Waals surface area contributed by atoms with Gasteiger partial charge in [0.25, 0.3) is 0 Å². The zero-order chi connectivity index (χ0) is 35.7. The van der Waals surface area contributed by atoms with Gasteiger partial charge >= 0.3 is 0 Å². The smallest absolute Gasteiger partial charge is 0.220 e. The summed E-state index contributed by atoms with van der Waals surface area (Å²) in [6.45, 7) is 4.33. The Bertz CT molecular complexity index is 666. The second-order valence-electron chi connectivity index (χ2n) is 15.5. The van der Waals surface area contributed by atoms with Gasteiger partial charge in [0.15, 0.2) is 0 Å². The van der Waals surface area contributed by atoms with Gasteiger partial charge in [-0.15, -0.1) is 0 Å². The van der Waals surface area contributed by atoms with Gasteiger partial charge in [-0.25, -0.2) is 0 Å². The molecule has 0 saturated carbocycles. The van der Waals surface area contributed by atoms with Crippen molar-refractivity contribution in [1.82, 2.24) is 5.32 Å². The summed E-state index contributed by atoms with van der Waals surface area (Å²) in [6, 6.07) is -0.616. The molecule has 0 saturated heterocycles. The predicted octanol–water partition coefficient (Wildman–Crippen LogP) is 13.9. The molecule has 2 unspecified atom stereocenters. The first kappa shape index (κ1) is 48.1. The number of rotatable bonds is 41. The van der Waals surface area contributed by atoms with Crippen molar-refractivity contribution in [1.29, 1.82) is 0 Å². The summed E-state index contributed by atoms with van der Waals surface area (Å²) in [6.07, 6.45) is 51.8. The van der Waals surface area contributed by atoms with Gasteiger partial charge in [-0.3, -0.25) is 4.79 Å². The molecule has 3 N–H and O–H groups in total. The summed E-state index contributed by atoms with van der Waals surface area (Å²) in [5, 5.41) is 23.0. The molecule has 0 spiro atoms. The maximum absolute atomic E-state index is 12.4. The van der Waals surface area contributed by atoms with E-state index in [1.807, 2.05) is 6.08 Å². The molecule has 49 heavy (non-hydrogen) atoms. The molecular formula is C45H89NO3. The fraction of sp³-hybridized carbons (Fsp3) is 0.933. The van der Waals surface area contributed by atoms with E-state index in [0.717, 1.165) is 25.7 Å². The van der Waals surface area contributed by atoms with E-state index in [2.05, 4.69) is 19.2 Å². The highest BCUT2D eigenvalue weighted by atomic mass is 16.3. The molecule has 0 bridgehead atoms. The van der Waals surface area contributed by atoms with Gasteiger partial charge in [0.05, 0.1) is 18.8 Å². The normalized spacial score (nSPS) is 13.0. The minimum Gasteiger partial charge on any atom is -0.394 e. The number of aliphatic hydroxyl groups excluding tert-OH is 2. The largest absolute Gasteiger partial charge is 0.394 e. The van der Waals surface area contributed by atoms with Crippen LogP contribution in [0.3, 0.4) is 0 Å². The molecule has 0 aromatic heterocycles. The summed E-state index contributed by atoms with van der Waals surface area (Å²) < 4.78 is 0. The Morgan fingerprint density at radius 2 is 0.755 bits per heavy atom.